The third-order valence-corrected chi connectivity index (χ3v) is 5.32. The predicted molar refractivity (Wildman–Crippen MR) is 115 cm³/mol. The van der Waals surface area contributed by atoms with Crippen molar-refractivity contribution in [3.8, 4) is 11.5 Å². The number of para-hydroxylation sites is 1. The number of hydrogen-bond acceptors (Lipinski definition) is 5. The first-order chi connectivity index (χ1) is 14.6. The van der Waals surface area contributed by atoms with Crippen molar-refractivity contribution in [2.45, 2.75) is 52.4 Å². The van der Waals surface area contributed by atoms with Crippen LogP contribution in [0.15, 0.2) is 36.4 Å². The molecule has 0 heterocycles. The predicted octanol–water partition coefficient (Wildman–Crippen LogP) is 5.28. The number of carboxylic acid groups (broad SMARTS) is 2. The standard InChI is InChI=1S/C23H26FNO7/c1-21(2,3)15-12-14(23(19(26)27,20(28)29)22(4,5)6)16(24)18(17(15)25(30)31)32-13-10-8-7-9-11-13/h7-12H,1-6H3,(H,26,27)(H,28,29). The Balaban J connectivity index is 3.12. The topological polar surface area (TPSA) is 127 Å². The van der Waals surface area contributed by atoms with Crippen LogP contribution in [-0.2, 0) is 20.4 Å². The molecule has 0 aliphatic rings. The molecule has 8 nitrogen and oxygen atoms in total. The Hall–Kier alpha value is -3.49. The normalized spacial score (nSPS) is 12.3. The van der Waals surface area contributed by atoms with E-state index < -0.39 is 55.9 Å². The van der Waals surface area contributed by atoms with Crippen molar-refractivity contribution in [1.29, 1.82) is 0 Å². The molecule has 0 radical (unpaired) electrons. The number of carboxylic acids is 2. The highest BCUT2D eigenvalue weighted by molar-refractivity contribution is 6.06. The summed E-state index contributed by atoms with van der Waals surface area (Å²) in [4.78, 5) is 35.9. The highest BCUT2D eigenvalue weighted by Crippen LogP contribution is 2.50. The Bertz CT molecular complexity index is 1050. The zero-order valence-corrected chi connectivity index (χ0v) is 18.7. The summed E-state index contributed by atoms with van der Waals surface area (Å²) >= 11 is 0. The summed E-state index contributed by atoms with van der Waals surface area (Å²) < 4.78 is 21.5. The summed E-state index contributed by atoms with van der Waals surface area (Å²) in [6.45, 7) is 8.90. The minimum absolute atomic E-state index is 0.0547. The van der Waals surface area contributed by atoms with E-state index in [2.05, 4.69) is 0 Å². The molecular formula is C23H26FNO7. The maximum Gasteiger partial charge on any atom is 0.326 e. The van der Waals surface area contributed by atoms with Gasteiger partial charge in [0.2, 0.25) is 5.75 Å². The lowest BCUT2D eigenvalue weighted by Crippen LogP contribution is -2.54. The number of ether oxygens (including phenoxy) is 1. The van der Waals surface area contributed by atoms with Crippen LogP contribution in [0.1, 0.15) is 52.7 Å². The molecule has 0 fully saturated rings. The van der Waals surface area contributed by atoms with Crippen molar-refractivity contribution < 1.29 is 33.9 Å². The monoisotopic (exact) mass is 447 g/mol. The average Bonchev–Trinajstić information content (AvgIpc) is 2.62. The number of nitrogens with zero attached hydrogens (tertiary/aromatic N) is 1. The molecule has 0 spiro atoms. The van der Waals surface area contributed by atoms with E-state index >= 15 is 4.39 Å². The van der Waals surface area contributed by atoms with Gasteiger partial charge >= 0.3 is 17.6 Å². The van der Waals surface area contributed by atoms with Crippen LogP contribution in [0.25, 0.3) is 0 Å². The van der Waals surface area contributed by atoms with Gasteiger partial charge in [-0.05, 0) is 29.0 Å². The van der Waals surface area contributed by atoms with Crippen molar-refractivity contribution in [1.82, 2.24) is 0 Å². The van der Waals surface area contributed by atoms with Gasteiger partial charge in [-0.1, -0.05) is 59.7 Å². The summed E-state index contributed by atoms with van der Waals surface area (Å²) in [5.41, 5.74) is -6.70. The summed E-state index contributed by atoms with van der Waals surface area (Å²) in [6, 6.07) is 8.66. The zero-order chi connectivity index (χ0) is 24.6. The zero-order valence-electron chi connectivity index (χ0n) is 18.7. The molecule has 9 heteroatoms. The number of benzene rings is 2. The molecule has 0 bridgehead atoms. The molecule has 0 saturated carbocycles. The van der Waals surface area contributed by atoms with Crippen molar-refractivity contribution in [3.63, 3.8) is 0 Å². The molecule has 2 aromatic carbocycles. The van der Waals surface area contributed by atoms with E-state index in [1.54, 1.807) is 39.0 Å². The van der Waals surface area contributed by atoms with Crippen LogP contribution in [0.4, 0.5) is 10.1 Å². The molecule has 0 aromatic heterocycles. The van der Waals surface area contributed by atoms with Crippen LogP contribution in [-0.4, -0.2) is 27.1 Å². The lowest BCUT2D eigenvalue weighted by atomic mass is 9.61. The fraction of sp³-hybridized carbons (Fsp3) is 0.391. The molecule has 32 heavy (non-hydrogen) atoms. The molecule has 2 N–H and O–H groups in total. The van der Waals surface area contributed by atoms with Crippen LogP contribution in [0, 0.1) is 21.3 Å². The van der Waals surface area contributed by atoms with Crippen LogP contribution in [0.3, 0.4) is 0 Å². The van der Waals surface area contributed by atoms with E-state index in [1.807, 2.05) is 0 Å². The summed E-state index contributed by atoms with van der Waals surface area (Å²) in [7, 11) is 0. The fourth-order valence-electron chi connectivity index (χ4n) is 3.72. The van der Waals surface area contributed by atoms with E-state index in [-0.39, 0.29) is 11.3 Å². The largest absolute Gasteiger partial charge is 0.480 e. The summed E-state index contributed by atoms with van der Waals surface area (Å²) in [5.74, 6) is -5.77. The molecule has 0 aliphatic carbocycles. The smallest absolute Gasteiger partial charge is 0.326 e. The molecule has 0 unspecified atom stereocenters. The first-order valence-electron chi connectivity index (χ1n) is 9.78. The third-order valence-electron chi connectivity index (χ3n) is 5.32. The molecule has 0 amide bonds. The Kier molecular flexibility index (Phi) is 6.36. The maximum atomic E-state index is 15.9. The quantitative estimate of drug-likeness (QED) is 0.350. The van der Waals surface area contributed by atoms with E-state index in [1.165, 1.54) is 32.9 Å². The first kappa shape index (κ1) is 24.8. The van der Waals surface area contributed by atoms with Gasteiger partial charge in [-0.25, -0.2) is 4.39 Å². The Morgan fingerprint density at radius 3 is 1.84 bits per heavy atom. The lowest BCUT2D eigenvalue weighted by Gasteiger charge is -2.38. The van der Waals surface area contributed by atoms with Crippen molar-refractivity contribution >= 4 is 17.6 Å². The van der Waals surface area contributed by atoms with Crippen LogP contribution in [0.5, 0.6) is 11.5 Å². The van der Waals surface area contributed by atoms with Gasteiger partial charge in [-0.3, -0.25) is 19.7 Å². The first-order valence-corrected chi connectivity index (χ1v) is 9.78. The third kappa shape index (κ3) is 4.02. The van der Waals surface area contributed by atoms with Gasteiger partial charge < -0.3 is 14.9 Å². The second-order valence-corrected chi connectivity index (χ2v) is 9.50. The average molecular weight is 447 g/mol. The van der Waals surface area contributed by atoms with E-state index in [9.17, 15) is 29.9 Å². The van der Waals surface area contributed by atoms with Crippen molar-refractivity contribution in [3.05, 3.63) is 63.5 Å². The summed E-state index contributed by atoms with van der Waals surface area (Å²) in [6.07, 6.45) is 0. The fourth-order valence-corrected chi connectivity index (χ4v) is 3.72. The van der Waals surface area contributed by atoms with Gasteiger partial charge in [0.25, 0.3) is 0 Å². The Morgan fingerprint density at radius 2 is 1.47 bits per heavy atom. The van der Waals surface area contributed by atoms with Crippen LogP contribution < -0.4 is 4.74 Å². The maximum absolute atomic E-state index is 15.9. The molecular weight excluding hydrogens is 421 g/mol. The van der Waals surface area contributed by atoms with Gasteiger partial charge in [-0.2, -0.15) is 0 Å². The highest BCUT2D eigenvalue weighted by atomic mass is 19.1. The number of rotatable bonds is 6. The van der Waals surface area contributed by atoms with Crippen molar-refractivity contribution in [2.75, 3.05) is 0 Å². The van der Waals surface area contributed by atoms with E-state index in [4.69, 9.17) is 4.74 Å². The highest BCUT2D eigenvalue weighted by Gasteiger charge is 2.59. The number of nitro groups is 1. The molecule has 172 valence electrons. The molecule has 0 saturated heterocycles. The SMILES string of the molecule is CC(C)(C)c1cc(C(C(=O)O)(C(=O)O)C(C)(C)C)c(F)c(Oc2ccccc2)c1[N+](=O)[O-]. The minimum Gasteiger partial charge on any atom is -0.480 e. The number of carbonyl (C=O) groups is 2. The Labute approximate surface area is 184 Å². The number of hydrogen-bond donors (Lipinski definition) is 2. The second-order valence-electron chi connectivity index (χ2n) is 9.50. The number of nitro benzene ring substituents is 1. The van der Waals surface area contributed by atoms with Gasteiger partial charge in [0.1, 0.15) is 5.75 Å². The van der Waals surface area contributed by atoms with Gasteiger partial charge in [-0.15, -0.1) is 0 Å². The van der Waals surface area contributed by atoms with Crippen molar-refractivity contribution in [2.24, 2.45) is 5.41 Å². The molecule has 0 aliphatic heterocycles. The molecule has 2 rings (SSSR count). The second kappa shape index (κ2) is 8.22. The van der Waals surface area contributed by atoms with Crippen LogP contribution >= 0.6 is 0 Å². The molecule has 0 atom stereocenters. The number of aliphatic carboxylic acids is 2. The van der Waals surface area contributed by atoms with Crippen LogP contribution in [0.2, 0.25) is 0 Å². The van der Waals surface area contributed by atoms with E-state index in [0.29, 0.717) is 0 Å². The summed E-state index contributed by atoms with van der Waals surface area (Å²) in [5, 5.41) is 32.1. The lowest BCUT2D eigenvalue weighted by molar-refractivity contribution is -0.387. The number of halogens is 1. The van der Waals surface area contributed by atoms with E-state index in [0.717, 1.165) is 6.07 Å². The van der Waals surface area contributed by atoms with Gasteiger partial charge in [0.15, 0.2) is 11.2 Å². The Morgan fingerprint density at radius 1 is 0.969 bits per heavy atom. The van der Waals surface area contributed by atoms with Gasteiger partial charge in [0.05, 0.1) is 4.92 Å². The minimum atomic E-state index is -2.75. The molecule has 2 aromatic rings. The van der Waals surface area contributed by atoms with Gasteiger partial charge in [0, 0.05) is 11.1 Å².